The van der Waals surface area contributed by atoms with Gasteiger partial charge in [0.25, 0.3) is 0 Å². The number of nitrogens with zero attached hydrogens (tertiary/aromatic N) is 3. The van der Waals surface area contributed by atoms with Gasteiger partial charge in [-0.1, -0.05) is 20.3 Å². The molecule has 1 saturated heterocycles. The predicted octanol–water partition coefficient (Wildman–Crippen LogP) is 2.48. The van der Waals surface area contributed by atoms with Gasteiger partial charge in [0.1, 0.15) is 0 Å². The minimum Gasteiger partial charge on any atom is -0.348 e. The number of rotatable bonds is 3. The van der Waals surface area contributed by atoms with Gasteiger partial charge >= 0.3 is 0 Å². The molecule has 0 amide bonds. The number of piperazine rings is 1. The summed E-state index contributed by atoms with van der Waals surface area (Å²) >= 11 is 0. The largest absolute Gasteiger partial charge is 0.348 e. The molecule has 0 bridgehead atoms. The number of nitrogens with one attached hydrogen (secondary N) is 1. The summed E-state index contributed by atoms with van der Waals surface area (Å²) in [7, 11) is 7.85. The van der Waals surface area contributed by atoms with Crippen molar-refractivity contribution in [1.82, 2.24) is 15.1 Å². The monoisotopic (exact) mass is 368 g/mol. The molecule has 2 rings (SSSR count). The number of hydrogen-bond acceptors (Lipinski definition) is 6. The smallest absolute Gasteiger partial charge is 0.172 e. The highest BCUT2D eigenvalue weighted by molar-refractivity contribution is 8.93. The second kappa shape index (κ2) is 8.12. The zero-order valence-corrected chi connectivity index (χ0v) is 15.5. The first-order valence-corrected chi connectivity index (χ1v) is 8.89. The molecule has 2 aliphatic rings. The lowest BCUT2D eigenvalue weighted by atomic mass is 9.97. The molecule has 0 aromatic heterocycles. The van der Waals surface area contributed by atoms with Crippen LogP contribution in [0.2, 0.25) is 0 Å². The number of hydrogen-bond donors (Lipinski definition) is 1. The lowest BCUT2D eigenvalue weighted by molar-refractivity contribution is 0.239. The van der Waals surface area contributed by atoms with Crippen molar-refractivity contribution in [3.8, 4) is 0 Å². The molecular formula is C12H25BrN4S2. The summed E-state index contributed by atoms with van der Waals surface area (Å²) in [6.45, 7) is 7.86. The number of amidine groups is 1. The van der Waals surface area contributed by atoms with Crippen molar-refractivity contribution in [1.29, 1.82) is 0 Å². The molecule has 0 aliphatic carbocycles. The maximum Gasteiger partial charge on any atom is 0.172 e. The minimum absolute atomic E-state index is 0. The fourth-order valence-corrected chi connectivity index (χ4v) is 4.75. The zero-order chi connectivity index (χ0) is 13.1. The van der Waals surface area contributed by atoms with Gasteiger partial charge in [0.05, 0.1) is 0 Å². The third kappa shape index (κ3) is 4.52. The quantitative estimate of drug-likeness (QED) is 0.773. The Labute approximate surface area is 135 Å². The highest BCUT2D eigenvalue weighted by atomic mass is 79.9. The molecule has 0 aromatic rings. The second-order valence-electron chi connectivity index (χ2n) is 5.27. The van der Waals surface area contributed by atoms with Crippen LogP contribution in [-0.2, 0) is 0 Å². The lowest BCUT2D eigenvalue weighted by Gasteiger charge is -2.37. The molecule has 4 nitrogen and oxygen atoms in total. The average molecular weight is 369 g/mol. The van der Waals surface area contributed by atoms with E-state index in [2.05, 4.69) is 43.1 Å². The SMILES string of the molecule is Br.CCC(C)C1CN(C2=NC(N(C)C)SS2)CCN1. The molecule has 2 heterocycles. The highest BCUT2D eigenvalue weighted by Gasteiger charge is 2.29. The van der Waals surface area contributed by atoms with E-state index in [1.807, 2.05) is 21.6 Å². The Hall–Kier alpha value is 0.570. The second-order valence-corrected chi connectivity index (χ2v) is 7.50. The molecule has 1 fully saturated rings. The van der Waals surface area contributed by atoms with E-state index < -0.39 is 0 Å². The van der Waals surface area contributed by atoms with E-state index in [0.717, 1.165) is 25.6 Å². The van der Waals surface area contributed by atoms with Gasteiger partial charge in [0.2, 0.25) is 0 Å². The van der Waals surface area contributed by atoms with Crippen molar-refractivity contribution in [2.24, 2.45) is 10.9 Å². The molecule has 0 spiro atoms. The zero-order valence-electron chi connectivity index (χ0n) is 12.1. The topological polar surface area (TPSA) is 30.9 Å². The van der Waals surface area contributed by atoms with Crippen molar-refractivity contribution >= 4 is 43.7 Å². The molecule has 0 saturated carbocycles. The molecule has 7 heteroatoms. The molecule has 3 unspecified atom stereocenters. The number of aliphatic imine (C=N–C) groups is 1. The average Bonchev–Trinajstić information content (AvgIpc) is 2.88. The summed E-state index contributed by atoms with van der Waals surface area (Å²) in [4.78, 5) is 9.42. The molecule has 0 aromatic carbocycles. The molecular weight excluding hydrogens is 344 g/mol. The van der Waals surface area contributed by atoms with E-state index >= 15 is 0 Å². The molecule has 2 aliphatic heterocycles. The Bertz CT molecular complexity index is 314. The van der Waals surface area contributed by atoms with Crippen molar-refractivity contribution in [2.75, 3.05) is 33.7 Å². The van der Waals surface area contributed by atoms with Gasteiger partial charge in [-0.25, -0.2) is 4.99 Å². The van der Waals surface area contributed by atoms with Crippen LogP contribution in [0.25, 0.3) is 0 Å². The molecule has 19 heavy (non-hydrogen) atoms. The van der Waals surface area contributed by atoms with Gasteiger partial charge in [-0.3, -0.25) is 4.90 Å². The van der Waals surface area contributed by atoms with Gasteiger partial charge in [0.15, 0.2) is 10.7 Å². The van der Waals surface area contributed by atoms with Crippen molar-refractivity contribution < 1.29 is 0 Å². The summed E-state index contributed by atoms with van der Waals surface area (Å²) in [5.74, 6) is 0.733. The lowest BCUT2D eigenvalue weighted by Crippen LogP contribution is -2.54. The van der Waals surface area contributed by atoms with Gasteiger partial charge in [-0.05, 0) is 41.6 Å². The van der Waals surface area contributed by atoms with Gasteiger partial charge in [-0.2, -0.15) is 0 Å². The van der Waals surface area contributed by atoms with Crippen LogP contribution in [0.4, 0.5) is 0 Å². The summed E-state index contributed by atoms with van der Waals surface area (Å²) < 4.78 is 0. The standard InChI is InChI=1S/C12H24N4S2.BrH/c1-5-9(2)10-8-16(7-6-13-10)12-14-11(15(3)4)17-18-12;/h9-11,13H,5-8H2,1-4H3;1H. The third-order valence-electron chi connectivity index (χ3n) is 3.68. The van der Waals surface area contributed by atoms with E-state index in [9.17, 15) is 0 Å². The van der Waals surface area contributed by atoms with Gasteiger partial charge in [0, 0.05) is 25.7 Å². The van der Waals surface area contributed by atoms with Crippen LogP contribution in [-0.4, -0.2) is 60.2 Å². The van der Waals surface area contributed by atoms with Crippen molar-refractivity contribution in [2.45, 2.75) is 31.8 Å². The van der Waals surface area contributed by atoms with Gasteiger partial charge < -0.3 is 10.2 Å². The maximum absolute atomic E-state index is 4.80. The van der Waals surface area contributed by atoms with Crippen LogP contribution >= 0.6 is 38.6 Å². The van der Waals surface area contributed by atoms with Crippen molar-refractivity contribution in [3.63, 3.8) is 0 Å². The summed E-state index contributed by atoms with van der Waals surface area (Å²) in [6.07, 6.45) is 1.24. The minimum atomic E-state index is 0. The maximum atomic E-state index is 4.80. The molecule has 3 atom stereocenters. The first-order chi connectivity index (χ1) is 8.61. The normalized spacial score (nSPS) is 29.1. The van der Waals surface area contributed by atoms with E-state index in [-0.39, 0.29) is 22.5 Å². The summed E-state index contributed by atoms with van der Waals surface area (Å²) in [5.41, 5.74) is 0.280. The van der Waals surface area contributed by atoms with Crippen LogP contribution in [0, 0.1) is 5.92 Å². The van der Waals surface area contributed by atoms with Crippen LogP contribution in [0.3, 0.4) is 0 Å². The molecule has 112 valence electrons. The molecule has 1 N–H and O–H groups in total. The number of halogens is 1. The highest BCUT2D eigenvalue weighted by Crippen LogP contribution is 2.38. The fraction of sp³-hybridized carbons (Fsp3) is 0.917. The Morgan fingerprint density at radius 3 is 2.84 bits per heavy atom. The van der Waals surface area contributed by atoms with Crippen molar-refractivity contribution in [3.05, 3.63) is 0 Å². The van der Waals surface area contributed by atoms with E-state index in [4.69, 9.17) is 4.99 Å². The Morgan fingerprint density at radius 1 is 1.53 bits per heavy atom. The van der Waals surface area contributed by atoms with E-state index in [1.54, 1.807) is 0 Å². The molecule has 0 radical (unpaired) electrons. The van der Waals surface area contributed by atoms with Crippen LogP contribution in [0.15, 0.2) is 4.99 Å². The Morgan fingerprint density at radius 2 is 2.26 bits per heavy atom. The van der Waals surface area contributed by atoms with Crippen LogP contribution < -0.4 is 5.32 Å². The van der Waals surface area contributed by atoms with Crippen LogP contribution in [0.1, 0.15) is 20.3 Å². The van der Waals surface area contributed by atoms with E-state index in [0.29, 0.717) is 6.04 Å². The van der Waals surface area contributed by atoms with E-state index in [1.165, 1.54) is 11.6 Å². The van der Waals surface area contributed by atoms with Gasteiger partial charge in [-0.15, -0.1) is 17.0 Å². The Kier molecular flexibility index (Phi) is 7.53. The summed E-state index contributed by atoms with van der Waals surface area (Å²) in [5, 5.41) is 4.85. The fourth-order valence-electron chi connectivity index (χ4n) is 2.18. The first-order valence-electron chi connectivity index (χ1n) is 6.67. The third-order valence-corrected chi connectivity index (χ3v) is 6.24. The first kappa shape index (κ1) is 17.6. The Balaban J connectivity index is 0.00000180. The predicted molar refractivity (Wildman–Crippen MR) is 93.2 cm³/mol. The summed E-state index contributed by atoms with van der Waals surface area (Å²) in [6, 6.07) is 0.607. The van der Waals surface area contributed by atoms with Crippen LogP contribution in [0.5, 0.6) is 0 Å².